The van der Waals surface area contributed by atoms with E-state index in [1.807, 2.05) is 12.1 Å². The average Bonchev–Trinajstić information content (AvgIpc) is 2.92. The second-order valence-electron chi connectivity index (χ2n) is 10.9. The number of esters is 1. The van der Waals surface area contributed by atoms with Crippen LogP contribution in [0, 0.1) is 17.6 Å². The largest absolute Gasteiger partial charge is 0.420 e. The van der Waals surface area contributed by atoms with E-state index in [0.717, 1.165) is 25.2 Å². The number of carbonyl (C=O) groups is 1. The Hall–Kier alpha value is -2.23. The summed E-state index contributed by atoms with van der Waals surface area (Å²) >= 11 is 0. The minimum atomic E-state index is -1.09. The van der Waals surface area contributed by atoms with Gasteiger partial charge in [-0.2, -0.15) is 4.39 Å². The van der Waals surface area contributed by atoms with Gasteiger partial charge in [0, 0.05) is 0 Å². The van der Waals surface area contributed by atoms with Crippen LogP contribution in [0.5, 0.6) is 5.75 Å². The van der Waals surface area contributed by atoms with Gasteiger partial charge in [0.1, 0.15) is 0 Å². The third-order valence-electron chi connectivity index (χ3n) is 8.06. The number of ether oxygens (including phenoxy) is 1. The van der Waals surface area contributed by atoms with Crippen molar-refractivity contribution in [3.8, 4) is 5.75 Å². The molecule has 0 aliphatic heterocycles. The highest BCUT2D eigenvalue weighted by atomic mass is 19.2. The highest BCUT2D eigenvalue weighted by Crippen LogP contribution is 2.38. The molecule has 2 nitrogen and oxygen atoms in total. The highest BCUT2D eigenvalue weighted by Gasteiger charge is 2.23. The molecular weight excluding hydrogens is 466 g/mol. The van der Waals surface area contributed by atoms with Crippen LogP contribution in [-0.4, -0.2) is 5.97 Å². The summed E-state index contributed by atoms with van der Waals surface area (Å²) in [5.41, 5.74) is 1.93. The predicted molar refractivity (Wildman–Crippen MR) is 148 cm³/mol. The number of benzene rings is 2. The summed E-state index contributed by atoms with van der Waals surface area (Å²) in [4.78, 5) is 12.6. The molecule has 3 rings (SSSR count). The first-order valence-electron chi connectivity index (χ1n) is 14.8. The Kier molecular flexibility index (Phi) is 12.6. The van der Waals surface area contributed by atoms with Crippen molar-refractivity contribution in [2.24, 2.45) is 5.92 Å². The molecule has 204 valence electrons. The van der Waals surface area contributed by atoms with Gasteiger partial charge in [-0.05, 0) is 79.7 Å². The van der Waals surface area contributed by atoms with E-state index in [0.29, 0.717) is 23.5 Å². The number of hydrogen-bond donors (Lipinski definition) is 0. The molecule has 0 radical (unpaired) electrons. The molecule has 0 amide bonds. The van der Waals surface area contributed by atoms with Crippen LogP contribution in [0.3, 0.4) is 0 Å². The SMILES string of the molecule is CCCCCCCCCC1CCC(c2ccc(C(=O)Oc3ccc(CCCCC)c(F)c3F)cc2)CC1. The number of halogens is 2. The van der Waals surface area contributed by atoms with Gasteiger partial charge in [0.25, 0.3) is 0 Å². The molecule has 1 saturated carbocycles. The van der Waals surface area contributed by atoms with E-state index in [9.17, 15) is 13.6 Å². The maximum Gasteiger partial charge on any atom is 0.343 e. The molecule has 0 unspecified atom stereocenters. The Morgan fingerprint density at radius 3 is 2.05 bits per heavy atom. The zero-order valence-electron chi connectivity index (χ0n) is 23.0. The first-order valence-corrected chi connectivity index (χ1v) is 14.8. The van der Waals surface area contributed by atoms with E-state index in [2.05, 4.69) is 13.8 Å². The van der Waals surface area contributed by atoms with Crippen molar-refractivity contribution in [3.63, 3.8) is 0 Å². The molecule has 0 bridgehead atoms. The van der Waals surface area contributed by atoms with Crippen molar-refractivity contribution in [2.75, 3.05) is 0 Å². The van der Waals surface area contributed by atoms with Crippen LogP contribution >= 0.6 is 0 Å². The fourth-order valence-corrected chi connectivity index (χ4v) is 5.63. The molecule has 0 saturated heterocycles. The van der Waals surface area contributed by atoms with Crippen LogP contribution in [0.1, 0.15) is 138 Å². The smallest absolute Gasteiger partial charge is 0.343 e. The summed E-state index contributed by atoms with van der Waals surface area (Å²) in [6.45, 7) is 4.33. The zero-order chi connectivity index (χ0) is 26.5. The lowest BCUT2D eigenvalue weighted by molar-refractivity contribution is 0.0726. The number of carbonyl (C=O) groups excluding carboxylic acids is 1. The topological polar surface area (TPSA) is 26.3 Å². The summed E-state index contributed by atoms with van der Waals surface area (Å²) in [5.74, 6) is -1.64. The van der Waals surface area contributed by atoms with Crippen molar-refractivity contribution in [2.45, 2.75) is 122 Å². The Labute approximate surface area is 223 Å². The van der Waals surface area contributed by atoms with Crippen molar-refractivity contribution in [1.29, 1.82) is 0 Å². The molecule has 2 aromatic rings. The van der Waals surface area contributed by atoms with Gasteiger partial charge in [-0.1, -0.05) is 96.3 Å². The minimum absolute atomic E-state index is 0.326. The van der Waals surface area contributed by atoms with E-state index in [4.69, 9.17) is 4.74 Å². The summed E-state index contributed by atoms with van der Waals surface area (Å²) in [6, 6.07) is 10.4. The molecule has 1 aliphatic carbocycles. The lowest BCUT2D eigenvalue weighted by atomic mass is 9.77. The summed E-state index contributed by atoms with van der Waals surface area (Å²) < 4.78 is 34.1. The monoisotopic (exact) mass is 512 g/mol. The quantitative estimate of drug-likeness (QED) is 0.135. The molecule has 0 spiro atoms. The molecule has 1 fully saturated rings. The van der Waals surface area contributed by atoms with Crippen molar-refractivity contribution in [3.05, 3.63) is 64.7 Å². The van der Waals surface area contributed by atoms with Crippen molar-refractivity contribution in [1.82, 2.24) is 0 Å². The van der Waals surface area contributed by atoms with Crippen LogP contribution in [0.15, 0.2) is 36.4 Å². The second kappa shape index (κ2) is 15.9. The third kappa shape index (κ3) is 9.23. The molecular formula is C33H46F2O2. The number of unbranched alkanes of at least 4 members (excludes halogenated alkanes) is 8. The average molecular weight is 513 g/mol. The third-order valence-corrected chi connectivity index (χ3v) is 8.06. The molecule has 0 heterocycles. The van der Waals surface area contributed by atoms with Gasteiger partial charge in [0.15, 0.2) is 11.6 Å². The molecule has 0 atom stereocenters. The van der Waals surface area contributed by atoms with E-state index < -0.39 is 17.6 Å². The van der Waals surface area contributed by atoms with Gasteiger partial charge in [-0.15, -0.1) is 0 Å². The van der Waals surface area contributed by atoms with Gasteiger partial charge >= 0.3 is 5.97 Å². The molecule has 37 heavy (non-hydrogen) atoms. The van der Waals surface area contributed by atoms with Gasteiger partial charge in [0.05, 0.1) is 5.56 Å². The number of hydrogen-bond acceptors (Lipinski definition) is 2. The minimum Gasteiger partial charge on any atom is -0.420 e. The molecule has 0 N–H and O–H groups in total. The summed E-state index contributed by atoms with van der Waals surface area (Å²) in [7, 11) is 0. The first-order chi connectivity index (χ1) is 18.0. The van der Waals surface area contributed by atoms with Crippen molar-refractivity contribution < 1.29 is 18.3 Å². The van der Waals surface area contributed by atoms with Gasteiger partial charge in [-0.3, -0.25) is 0 Å². The molecule has 1 aliphatic rings. The number of aryl methyl sites for hydroxylation is 1. The normalized spacial score (nSPS) is 17.6. The fraction of sp³-hybridized carbons (Fsp3) is 0.606. The Bertz CT molecular complexity index is 946. The summed E-state index contributed by atoms with van der Waals surface area (Å²) in [6.07, 6.45) is 19.2. The van der Waals surface area contributed by atoms with E-state index >= 15 is 0 Å². The lowest BCUT2D eigenvalue weighted by Crippen LogP contribution is -2.14. The maximum absolute atomic E-state index is 14.5. The van der Waals surface area contributed by atoms with Gasteiger partial charge in [-0.25, -0.2) is 9.18 Å². The fourth-order valence-electron chi connectivity index (χ4n) is 5.63. The lowest BCUT2D eigenvalue weighted by Gasteiger charge is -2.29. The summed E-state index contributed by atoms with van der Waals surface area (Å²) in [5, 5.41) is 0. The van der Waals surface area contributed by atoms with Crippen LogP contribution < -0.4 is 4.74 Å². The van der Waals surface area contributed by atoms with Crippen LogP contribution in [-0.2, 0) is 6.42 Å². The van der Waals surface area contributed by atoms with E-state index in [1.54, 1.807) is 12.1 Å². The van der Waals surface area contributed by atoms with Gasteiger partial charge in [0.2, 0.25) is 5.82 Å². The van der Waals surface area contributed by atoms with Crippen LogP contribution in [0.4, 0.5) is 8.78 Å². The van der Waals surface area contributed by atoms with Crippen molar-refractivity contribution >= 4 is 5.97 Å². The molecule has 0 aromatic heterocycles. The van der Waals surface area contributed by atoms with Crippen LogP contribution in [0.25, 0.3) is 0 Å². The number of rotatable bonds is 15. The van der Waals surface area contributed by atoms with Gasteiger partial charge < -0.3 is 4.74 Å². The van der Waals surface area contributed by atoms with E-state index in [1.165, 1.54) is 94.7 Å². The molecule has 4 heteroatoms. The molecule has 2 aromatic carbocycles. The highest BCUT2D eigenvalue weighted by molar-refractivity contribution is 5.91. The standard InChI is InChI=1S/C33H46F2O2/c1-3-5-7-8-9-10-12-13-25-15-17-26(18-16-25)27-19-21-29(22-20-27)33(36)37-30-24-23-28(14-11-6-4-2)31(34)32(30)35/h19-26H,3-18H2,1-2H3. The maximum atomic E-state index is 14.5. The Morgan fingerprint density at radius 1 is 0.757 bits per heavy atom. The predicted octanol–water partition coefficient (Wildman–Crippen LogP) is 10.3. The Balaban J connectivity index is 1.44. The zero-order valence-corrected chi connectivity index (χ0v) is 23.0. The Morgan fingerprint density at radius 2 is 1.38 bits per heavy atom. The first kappa shape index (κ1) is 29.3. The van der Waals surface area contributed by atoms with E-state index in [-0.39, 0.29) is 5.75 Å². The second-order valence-corrected chi connectivity index (χ2v) is 10.9. The van der Waals surface area contributed by atoms with Crippen LogP contribution in [0.2, 0.25) is 0 Å².